The molecule has 2 N–H and O–H groups in total. The fraction of sp³-hybridized carbons (Fsp3) is 0.556. The third kappa shape index (κ3) is 4.58. The van der Waals surface area contributed by atoms with E-state index in [0.717, 1.165) is 25.7 Å². The van der Waals surface area contributed by atoms with Crippen LogP contribution in [0.3, 0.4) is 0 Å². The minimum Gasteiger partial charge on any atom is -0.481 e. The molecular weight excluding hydrogens is 278 g/mol. The highest BCUT2D eigenvalue weighted by molar-refractivity contribution is 5.85. The van der Waals surface area contributed by atoms with Crippen molar-refractivity contribution < 1.29 is 14.7 Å². The summed E-state index contributed by atoms with van der Waals surface area (Å²) in [6.45, 7) is 1.99. The second-order valence-electron chi connectivity index (χ2n) is 6.27. The number of carboxylic acid groups (broad SMARTS) is 1. The van der Waals surface area contributed by atoms with Crippen LogP contribution in [0.25, 0.3) is 0 Å². The van der Waals surface area contributed by atoms with Crippen LogP contribution in [0.1, 0.15) is 44.6 Å². The van der Waals surface area contributed by atoms with E-state index < -0.39 is 11.9 Å². The van der Waals surface area contributed by atoms with Crippen molar-refractivity contribution in [2.75, 3.05) is 0 Å². The highest BCUT2D eigenvalue weighted by Gasteiger charge is 2.35. The van der Waals surface area contributed by atoms with E-state index >= 15 is 0 Å². The van der Waals surface area contributed by atoms with Crippen LogP contribution in [0.15, 0.2) is 30.3 Å². The average Bonchev–Trinajstić information content (AvgIpc) is 2.54. The van der Waals surface area contributed by atoms with E-state index in [1.54, 1.807) is 0 Å². The van der Waals surface area contributed by atoms with E-state index in [1.165, 1.54) is 5.56 Å². The number of carbonyl (C=O) groups excluding carboxylic acids is 1. The van der Waals surface area contributed by atoms with Gasteiger partial charge in [0.05, 0.1) is 11.8 Å². The molecule has 1 aliphatic rings. The zero-order chi connectivity index (χ0) is 15.9. The maximum absolute atomic E-state index is 12.4. The van der Waals surface area contributed by atoms with Crippen LogP contribution >= 0.6 is 0 Å². The van der Waals surface area contributed by atoms with Crippen molar-refractivity contribution in [2.45, 2.75) is 51.5 Å². The quantitative estimate of drug-likeness (QED) is 0.849. The van der Waals surface area contributed by atoms with Crippen LogP contribution in [0.4, 0.5) is 0 Å². The summed E-state index contributed by atoms with van der Waals surface area (Å²) < 4.78 is 0. The number of hydrogen-bond donors (Lipinski definition) is 2. The lowest BCUT2D eigenvalue weighted by molar-refractivity contribution is -0.149. The molecule has 0 heterocycles. The number of amides is 1. The molecule has 0 aliphatic heterocycles. The van der Waals surface area contributed by atoms with E-state index in [4.69, 9.17) is 0 Å². The molecule has 1 saturated carbocycles. The van der Waals surface area contributed by atoms with Crippen LogP contribution in [0.2, 0.25) is 0 Å². The fourth-order valence-electron chi connectivity index (χ4n) is 3.19. The largest absolute Gasteiger partial charge is 0.481 e. The summed E-state index contributed by atoms with van der Waals surface area (Å²) in [5.41, 5.74) is 1.25. The Morgan fingerprint density at radius 1 is 1.18 bits per heavy atom. The first-order valence-electron chi connectivity index (χ1n) is 8.15. The maximum atomic E-state index is 12.4. The van der Waals surface area contributed by atoms with E-state index in [0.29, 0.717) is 12.8 Å². The molecule has 0 radical (unpaired) electrons. The number of aryl methyl sites for hydroxylation is 1. The summed E-state index contributed by atoms with van der Waals surface area (Å²) >= 11 is 0. The molecule has 0 aromatic heterocycles. The molecule has 1 aromatic carbocycles. The van der Waals surface area contributed by atoms with Gasteiger partial charge >= 0.3 is 5.97 Å². The van der Waals surface area contributed by atoms with Gasteiger partial charge in [0.15, 0.2) is 0 Å². The first-order chi connectivity index (χ1) is 10.6. The Bertz CT molecular complexity index is 500. The molecule has 0 saturated heterocycles. The Balaban J connectivity index is 1.83. The van der Waals surface area contributed by atoms with E-state index in [9.17, 15) is 14.7 Å². The molecule has 1 fully saturated rings. The van der Waals surface area contributed by atoms with Gasteiger partial charge in [0, 0.05) is 6.04 Å². The molecule has 0 unspecified atom stereocenters. The summed E-state index contributed by atoms with van der Waals surface area (Å²) in [5, 5.41) is 12.3. The third-order valence-electron chi connectivity index (χ3n) is 4.52. The number of carbonyl (C=O) groups is 2. The Labute approximate surface area is 131 Å². The van der Waals surface area contributed by atoms with Crippen molar-refractivity contribution in [3.8, 4) is 0 Å². The summed E-state index contributed by atoms with van der Waals surface area (Å²) in [7, 11) is 0. The molecule has 1 aliphatic carbocycles. The normalized spacial score (nSPS) is 22.8. The zero-order valence-corrected chi connectivity index (χ0v) is 13.1. The van der Waals surface area contributed by atoms with Crippen molar-refractivity contribution in [3.63, 3.8) is 0 Å². The highest BCUT2D eigenvalue weighted by Crippen LogP contribution is 2.30. The summed E-state index contributed by atoms with van der Waals surface area (Å²) in [6, 6.07) is 10.2. The van der Waals surface area contributed by atoms with Crippen molar-refractivity contribution in [3.05, 3.63) is 35.9 Å². The predicted octanol–water partition coefficient (Wildman–Crippen LogP) is 3.01. The molecule has 2 rings (SSSR count). The Hall–Kier alpha value is -1.84. The minimum atomic E-state index is -0.836. The van der Waals surface area contributed by atoms with E-state index in [-0.39, 0.29) is 17.9 Å². The van der Waals surface area contributed by atoms with Crippen molar-refractivity contribution in [1.82, 2.24) is 5.32 Å². The monoisotopic (exact) mass is 303 g/mol. The van der Waals surface area contributed by atoms with Crippen LogP contribution in [-0.4, -0.2) is 23.0 Å². The van der Waals surface area contributed by atoms with Crippen molar-refractivity contribution in [2.24, 2.45) is 11.8 Å². The van der Waals surface area contributed by atoms with Gasteiger partial charge in [0.2, 0.25) is 5.91 Å². The summed E-state index contributed by atoms with van der Waals surface area (Å²) in [6.07, 6.45) is 4.93. The zero-order valence-electron chi connectivity index (χ0n) is 13.1. The van der Waals surface area contributed by atoms with Crippen LogP contribution in [0.5, 0.6) is 0 Å². The number of aliphatic carboxylic acids is 1. The topological polar surface area (TPSA) is 66.4 Å². The molecule has 0 spiro atoms. The SMILES string of the molecule is C[C@H](CCc1ccccc1)NC(=O)[C@@H]1CCCC[C@@H]1C(=O)O. The van der Waals surface area contributed by atoms with Gasteiger partial charge in [-0.1, -0.05) is 43.2 Å². The molecule has 4 heteroatoms. The lowest BCUT2D eigenvalue weighted by atomic mass is 9.78. The van der Waals surface area contributed by atoms with Gasteiger partial charge in [-0.3, -0.25) is 9.59 Å². The number of carboxylic acids is 1. The van der Waals surface area contributed by atoms with Gasteiger partial charge in [-0.05, 0) is 38.2 Å². The molecule has 1 aromatic rings. The first kappa shape index (κ1) is 16.5. The molecule has 22 heavy (non-hydrogen) atoms. The second-order valence-corrected chi connectivity index (χ2v) is 6.27. The molecule has 4 nitrogen and oxygen atoms in total. The molecular formula is C18H25NO3. The lowest BCUT2D eigenvalue weighted by Gasteiger charge is -2.28. The smallest absolute Gasteiger partial charge is 0.307 e. The van der Waals surface area contributed by atoms with Gasteiger partial charge in [-0.15, -0.1) is 0 Å². The second kappa shape index (κ2) is 7.97. The predicted molar refractivity (Wildman–Crippen MR) is 85.5 cm³/mol. The summed E-state index contributed by atoms with van der Waals surface area (Å²) in [5.74, 6) is -1.81. The number of benzene rings is 1. The standard InChI is InChI=1S/C18H25NO3/c1-13(11-12-14-7-3-2-4-8-14)19-17(20)15-9-5-6-10-16(15)18(21)22/h2-4,7-8,13,15-16H,5-6,9-12H2,1H3,(H,19,20)(H,21,22)/t13-,15-,16+/m1/s1. The number of rotatable bonds is 6. The summed E-state index contributed by atoms with van der Waals surface area (Å²) in [4.78, 5) is 23.6. The van der Waals surface area contributed by atoms with Crippen molar-refractivity contribution in [1.29, 1.82) is 0 Å². The Morgan fingerprint density at radius 2 is 1.82 bits per heavy atom. The van der Waals surface area contributed by atoms with E-state index in [2.05, 4.69) is 17.4 Å². The molecule has 120 valence electrons. The van der Waals surface area contributed by atoms with Gasteiger partial charge < -0.3 is 10.4 Å². The Kier molecular flexibility index (Phi) is 5.99. The van der Waals surface area contributed by atoms with E-state index in [1.807, 2.05) is 25.1 Å². The van der Waals surface area contributed by atoms with Gasteiger partial charge in [0.25, 0.3) is 0 Å². The maximum Gasteiger partial charge on any atom is 0.307 e. The Morgan fingerprint density at radius 3 is 2.45 bits per heavy atom. The molecule has 0 bridgehead atoms. The van der Waals surface area contributed by atoms with Crippen LogP contribution in [-0.2, 0) is 16.0 Å². The van der Waals surface area contributed by atoms with Crippen LogP contribution < -0.4 is 5.32 Å². The van der Waals surface area contributed by atoms with Crippen molar-refractivity contribution >= 4 is 11.9 Å². The average molecular weight is 303 g/mol. The lowest BCUT2D eigenvalue weighted by Crippen LogP contribution is -2.43. The third-order valence-corrected chi connectivity index (χ3v) is 4.52. The van der Waals surface area contributed by atoms with Gasteiger partial charge in [-0.2, -0.15) is 0 Å². The van der Waals surface area contributed by atoms with Crippen LogP contribution in [0, 0.1) is 11.8 Å². The molecule has 3 atom stereocenters. The number of hydrogen-bond acceptors (Lipinski definition) is 2. The number of nitrogens with one attached hydrogen (secondary N) is 1. The molecule has 1 amide bonds. The fourth-order valence-corrected chi connectivity index (χ4v) is 3.19. The van der Waals surface area contributed by atoms with Gasteiger partial charge in [-0.25, -0.2) is 0 Å². The van der Waals surface area contributed by atoms with Gasteiger partial charge in [0.1, 0.15) is 0 Å². The first-order valence-corrected chi connectivity index (χ1v) is 8.15. The highest BCUT2D eigenvalue weighted by atomic mass is 16.4. The minimum absolute atomic E-state index is 0.0593.